The van der Waals surface area contributed by atoms with Gasteiger partial charge in [0.15, 0.2) is 0 Å². The number of carbonyl (C=O) groups is 1. The molecule has 2 aliphatic heterocycles. The summed E-state index contributed by atoms with van der Waals surface area (Å²) >= 11 is 0. The Morgan fingerprint density at radius 3 is 2.51 bits per heavy atom. The molecular formula is C26H37N7O2. The number of hydrogen-bond acceptors (Lipinski definition) is 6. The molecule has 4 atom stereocenters. The molecular weight excluding hydrogens is 442 g/mol. The Morgan fingerprint density at radius 2 is 1.89 bits per heavy atom. The van der Waals surface area contributed by atoms with Crippen molar-refractivity contribution in [1.82, 2.24) is 24.7 Å². The van der Waals surface area contributed by atoms with Crippen molar-refractivity contribution in [2.45, 2.75) is 32.2 Å². The fraction of sp³-hybridized carbons (Fsp3) is 0.577. The van der Waals surface area contributed by atoms with Crippen LogP contribution in [0, 0.1) is 17.8 Å². The lowest BCUT2D eigenvalue weighted by atomic mass is 10.00. The monoisotopic (exact) mass is 479 g/mol. The second-order valence-electron chi connectivity index (χ2n) is 10.1. The van der Waals surface area contributed by atoms with Gasteiger partial charge in [0, 0.05) is 51.5 Å². The van der Waals surface area contributed by atoms with Gasteiger partial charge in [-0.1, -0.05) is 25.5 Å². The normalized spacial score (nSPS) is 24.7. The smallest absolute Gasteiger partial charge is 0.330 e. The van der Waals surface area contributed by atoms with Crippen molar-refractivity contribution in [2.24, 2.45) is 23.5 Å². The van der Waals surface area contributed by atoms with Crippen LogP contribution in [-0.4, -0.2) is 77.2 Å². The third kappa shape index (κ3) is 5.27. The topological polar surface area (TPSA) is 109 Å². The number of aromatic nitrogens is 2. The molecule has 0 spiro atoms. The zero-order chi connectivity index (χ0) is 24.4. The Morgan fingerprint density at radius 1 is 1.17 bits per heavy atom. The zero-order valence-corrected chi connectivity index (χ0v) is 20.5. The third-order valence-electron chi connectivity index (χ3n) is 7.94. The highest BCUT2D eigenvalue weighted by Gasteiger charge is 2.55. The molecule has 3 aliphatic rings. The Hall–Kier alpha value is -2.75. The summed E-state index contributed by atoms with van der Waals surface area (Å²) in [6, 6.07) is 10.2. The largest absolute Gasteiger partial charge is 0.354 e. The highest BCUT2D eigenvalue weighted by Crippen LogP contribution is 2.51. The molecule has 2 unspecified atom stereocenters. The predicted molar refractivity (Wildman–Crippen MR) is 137 cm³/mol. The van der Waals surface area contributed by atoms with Gasteiger partial charge in [0.25, 0.3) is 0 Å². The average molecular weight is 480 g/mol. The number of urea groups is 1. The van der Waals surface area contributed by atoms with Gasteiger partial charge in [0.05, 0.1) is 5.69 Å². The molecule has 1 aromatic carbocycles. The molecule has 35 heavy (non-hydrogen) atoms. The van der Waals surface area contributed by atoms with E-state index in [-0.39, 0.29) is 11.8 Å². The van der Waals surface area contributed by atoms with Gasteiger partial charge in [-0.25, -0.2) is 9.59 Å². The molecule has 1 aliphatic carbocycles. The molecule has 188 valence electrons. The van der Waals surface area contributed by atoms with Crippen LogP contribution in [0.15, 0.2) is 41.3 Å². The molecule has 1 saturated carbocycles. The van der Waals surface area contributed by atoms with Crippen molar-refractivity contribution in [2.75, 3.05) is 51.1 Å². The number of carbonyl (C=O) groups excluding carboxylic acids is 1. The fourth-order valence-electron chi connectivity index (χ4n) is 5.87. The summed E-state index contributed by atoms with van der Waals surface area (Å²) in [5.41, 5.74) is 7.53. The number of piperazine rings is 1. The second kappa shape index (κ2) is 10.5. The maximum Gasteiger partial charge on any atom is 0.354 e. The Balaban J connectivity index is 1.21. The molecule has 3 fully saturated rings. The van der Waals surface area contributed by atoms with Gasteiger partial charge in [-0.05, 0) is 60.9 Å². The van der Waals surface area contributed by atoms with Gasteiger partial charge >= 0.3 is 11.7 Å². The number of piperidine rings is 1. The van der Waals surface area contributed by atoms with Crippen molar-refractivity contribution in [3.63, 3.8) is 0 Å². The maximum atomic E-state index is 12.7. The van der Waals surface area contributed by atoms with E-state index >= 15 is 0 Å². The van der Waals surface area contributed by atoms with Gasteiger partial charge < -0.3 is 16.0 Å². The van der Waals surface area contributed by atoms with E-state index in [0.717, 1.165) is 49.5 Å². The van der Waals surface area contributed by atoms with E-state index < -0.39 is 5.69 Å². The molecule has 2 amide bonds. The van der Waals surface area contributed by atoms with E-state index in [1.807, 2.05) is 12.1 Å². The van der Waals surface area contributed by atoms with Crippen molar-refractivity contribution >= 4 is 11.8 Å². The molecule has 0 radical (unpaired) electrons. The van der Waals surface area contributed by atoms with Crippen molar-refractivity contribution < 1.29 is 4.79 Å². The van der Waals surface area contributed by atoms with E-state index in [2.05, 4.69) is 39.6 Å². The minimum absolute atomic E-state index is 0.226. The van der Waals surface area contributed by atoms with Crippen molar-refractivity contribution in [3.8, 4) is 5.69 Å². The molecule has 4 N–H and O–H groups in total. The van der Waals surface area contributed by atoms with Crippen LogP contribution in [0.2, 0.25) is 0 Å². The van der Waals surface area contributed by atoms with E-state index in [9.17, 15) is 9.59 Å². The molecule has 9 heteroatoms. The first-order valence-corrected chi connectivity index (χ1v) is 13.0. The van der Waals surface area contributed by atoms with E-state index in [1.54, 1.807) is 17.2 Å². The van der Waals surface area contributed by atoms with Gasteiger partial charge in [-0.15, -0.1) is 0 Å². The van der Waals surface area contributed by atoms with Crippen LogP contribution < -0.4 is 22.1 Å². The SMILES string of the molecule is CCCC(Cc1ccc(-n2ccc(NC(=O)N3CCNCC3)nc2=O)cc1)N1C[C@@H]2C(CN)[C@@H]2C1. The molecule has 0 bridgehead atoms. The molecule has 9 nitrogen and oxygen atoms in total. The summed E-state index contributed by atoms with van der Waals surface area (Å²) in [6.45, 7) is 8.29. The van der Waals surface area contributed by atoms with Crippen LogP contribution in [0.25, 0.3) is 5.69 Å². The summed E-state index contributed by atoms with van der Waals surface area (Å²) in [5, 5.41) is 5.95. The summed E-state index contributed by atoms with van der Waals surface area (Å²) in [5.74, 6) is 2.65. The summed E-state index contributed by atoms with van der Waals surface area (Å²) in [4.78, 5) is 33.5. The maximum absolute atomic E-state index is 12.7. The van der Waals surface area contributed by atoms with Crippen LogP contribution in [0.1, 0.15) is 25.3 Å². The highest BCUT2D eigenvalue weighted by atomic mass is 16.2. The fourth-order valence-corrected chi connectivity index (χ4v) is 5.87. The van der Waals surface area contributed by atoms with Gasteiger partial charge in [-0.3, -0.25) is 14.8 Å². The Bertz CT molecular complexity index is 1070. The minimum Gasteiger partial charge on any atom is -0.330 e. The predicted octanol–water partition coefficient (Wildman–Crippen LogP) is 1.52. The quantitative estimate of drug-likeness (QED) is 0.530. The van der Waals surface area contributed by atoms with Crippen LogP contribution in [-0.2, 0) is 6.42 Å². The average Bonchev–Trinajstić information content (AvgIpc) is 3.35. The molecule has 2 aromatic rings. The molecule has 5 rings (SSSR count). The Kier molecular flexibility index (Phi) is 7.17. The summed E-state index contributed by atoms with van der Waals surface area (Å²) < 4.78 is 1.51. The lowest BCUT2D eigenvalue weighted by Gasteiger charge is -2.30. The van der Waals surface area contributed by atoms with Crippen LogP contribution in [0.5, 0.6) is 0 Å². The van der Waals surface area contributed by atoms with Gasteiger partial charge in [-0.2, -0.15) is 4.98 Å². The number of anilines is 1. The number of benzene rings is 1. The molecule has 1 aromatic heterocycles. The zero-order valence-electron chi connectivity index (χ0n) is 20.5. The number of hydrogen-bond donors (Lipinski definition) is 3. The number of amides is 2. The van der Waals surface area contributed by atoms with Crippen LogP contribution in [0.3, 0.4) is 0 Å². The lowest BCUT2D eigenvalue weighted by molar-refractivity contribution is 0.195. The standard InChI is InChI=1S/C26H37N7O2/c1-2-3-20(32-16-22-21(15-27)23(22)17-32)14-18-4-6-19(7-5-18)33-11-8-24(30-26(33)35)29-25(34)31-12-9-28-10-13-31/h4-8,11,20-23,28H,2-3,9-10,12-17,27H2,1H3,(H,29,30,34,35)/t20?,21?,22-,23+. The van der Waals surface area contributed by atoms with E-state index in [4.69, 9.17) is 5.73 Å². The first-order valence-electron chi connectivity index (χ1n) is 13.0. The number of fused-ring (bicyclic) bond motifs is 1. The first kappa shape index (κ1) is 24.0. The number of rotatable bonds is 8. The van der Waals surface area contributed by atoms with E-state index in [0.29, 0.717) is 19.1 Å². The molecule has 3 heterocycles. The van der Waals surface area contributed by atoms with Crippen molar-refractivity contribution in [3.05, 3.63) is 52.6 Å². The number of nitrogens with two attached hydrogens (primary N) is 1. The number of nitrogens with one attached hydrogen (secondary N) is 2. The highest BCUT2D eigenvalue weighted by molar-refractivity contribution is 5.88. The van der Waals surface area contributed by atoms with Gasteiger partial charge in [0.2, 0.25) is 0 Å². The van der Waals surface area contributed by atoms with Crippen molar-refractivity contribution in [1.29, 1.82) is 0 Å². The number of likely N-dealkylation sites (tertiary alicyclic amines) is 1. The molecule has 2 saturated heterocycles. The van der Waals surface area contributed by atoms with E-state index in [1.165, 1.54) is 36.1 Å². The Labute approximate surface area is 206 Å². The minimum atomic E-state index is -0.412. The van der Waals surface area contributed by atoms with Gasteiger partial charge in [0.1, 0.15) is 5.82 Å². The third-order valence-corrected chi connectivity index (χ3v) is 7.94. The number of nitrogens with zero attached hydrogens (tertiary/aromatic N) is 4. The summed E-state index contributed by atoms with van der Waals surface area (Å²) in [6.07, 6.45) is 5.06. The van der Waals surface area contributed by atoms with Crippen LogP contribution >= 0.6 is 0 Å². The first-order chi connectivity index (χ1) is 17.1. The summed E-state index contributed by atoms with van der Waals surface area (Å²) in [7, 11) is 0. The second-order valence-corrected chi connectivity index (χ2v) is 10.1. The lowest BCUT2D eigenvalue weighted by Crippen LogP contribution is -2.48. The van der Waals surface area contributed by atoms with Crippen LogP contribution in [0.4, 0.5) is 10.6 Å².